The van der Waals surface area contributed by atoms with E-state index in [0.29, 0.717) is 25.3 Å². The number of nitrogens with two attached hydrogens (primary N) is 1. The van der Waals surface area contributed by atoms with Crippen LogP contribution in [0, 0.1) is 0 Å². The minimum Gasteiger partial charge on any atom is -0.378 e. The van der Waals surface area contributed by atoms with E-state index in [4.69, 9.17) is 22.1 Å². The lowest BCUT2D eigenvalue weighted by atomic mass is 10.1. The Hall–Kier alpha value is -1.34. The number of carbonyl (C=O) groups is 2. The average molecular weight is 334 g/mol. The van der Waals surface area contributed by atoms with Crippen molar-refractivity contribution in [3.63, 3.8) is 0 Å². The summed E-state index contributed by atoms with van der Waals surface area (Å²) in [4.78, 5) is 22.9. The van der Waals surface area contributed by atoms with Gasteiger partial charge in [-0.25, -0.2) is 0 Å². The third kappa shape index (κ3) is 5.17. The van der Waals surface area contributed by atoms with Crippen molar-refractivity contribution in [3.05, 3.63) is 28.8 Å². The van der Waals surface area contributed by atoms with Gasteiger partial charge in [-0.05, 0) is 18.2 Å². The van der Waals surface area contributed by atoms with Crippen LogP contribution in [0.2, 0.25) is 5.02 Å². The van der Waals surface area contributed by atoms with Crippen LogP contribution in [-0.4, -0.2) is 37.6 Å². The minimum absolute atomic E-state index is 0. The Balaban J connectivity index is 0.00000220. The normalized spacial score (nSPS) is 17.7. The highest BCUT2D eigenvalue weighted by Crippen LogP contribution is 2.20. The number of hydrogen-bond acceptors (Lipinski definition) is 4. The van der Waals surface area contributed by atoms with E-state index >= 15 is 0 Å². The first-order valence-electron chi connectivity index (χ1n) is 6.26. The summed E-state index contributed by atoms with van der Waals surface area (Å²) in [5.74, 6) is -0.743. The highest BCUT2D eigenvalue weighted by Gasteiger charge is 2.17. The zero-order chi connectivity index (χ0) is 14.5. The van der Waals surface area contributed by atoms with Gasteiger partial charge in [0.25, 0.3) is 0 Å². The van der Waals surface area contributed by atoms with Gasteiger partial charge in [0.1, 0.15) is 0 Å². The predicted molar refractivity (Wildman–Crippen MR) is 83.1 cm³/mol. The zero-order valence-electron chi connectivity index (χ0n) is 11.2. The van der Waals surface area contributed by atoms with Gasteiger partial charge in [0, 0.05) is 24.7 Å². The molecular weight excluding hydrogens is 317 g/mol. The molecule has 2 rings (SSSR count). The van der Waals surface area contributed by atoms with Gasteiger partial charge in [0.15, 0.2) is 0 Å². The monoisotopic (exact) mass is 333 g/mol. The molecule has 0 aromatic heterocycles. The van der Waals surface area contributed by atoms with Crippen molar-refractivity contribution in [2.24, 2.45) is 5.73 Å². The lowest BCUT2D eigenvalue weighted by Crippen LogP contribution is -2.43. The number of hydrogen-bond donors (Lipinski definition) is 3. The van der Waals surface area contributed by atoms with Crippen molar-refractivity contribution in [2.45, 2.75) is 12.5 Å². The van der Waals surface area contributed by atoms with Gasteiger partial charge in [-0.1, -0.05) is 11.6 Å². The number of anilines is 1. The van der Waals surface area contributed by atoms with Crippen LogP contribution >= 0.6 is 24.0 Å². The molecule has 1 aliphatic rings. The zero-order valence-corrected chi connectivity index (χ0v) is 12.8. The second-order valence-corrected chi connectivity index (χ2v) is 4.94. The van der Waals surface area contributed by atoms with Crippen LogP contribution in [0.5, 0.6) is 0 Å². The van der Waals surface area contributed by atoms with Gasteiger partial charge >= 0.3 is 0 Å². The molecule has 1 unspecified atom stereocenters. The summed E-state index contributed by atoms with van der Waals surface area (Å²) in [5, 5.41) is 6.14. The number of morpholine rings is 1. The minimum atomic E-state index is -0.601. The fourth-order valence-electron chi connectivity index (χ4n) is 1.98. The summed E-state index contributed by atoms with van der Waals surface area (Å²) in [6.45, 7) is 1.94. The number of benzene rings is 1. The van der Waals surface area contributed by atoms with E-state index in [1.165, 1.54) is 12.1 Å². The maximum absolute atomic E-state index is 11.9. The molecule has 0 aliphatic carbocycles. The van der Waals surface area contributed by atoms with E-state index in [-0.39, 0.29) is 34.9 Å². The molecule has 0 saturated carbocycles. The van der Waals surface area contributed by atoms with Gasteiger partial charge in [-0.15, -0.1) is 12.4 Å². The molecule has 21 heavy (non-hydrogen) atoms. The largest absolute Gasteiger partial charge is 0.378 e. The number of primary amides is 1. The maximum atomic E-state index is 11.9. The van der Waals surface area contributed by atoms with Crippen LogP contribution in [0.25, 0.3) is 0 Å². The first-order valence-corrected chi connectivity index (χ1v) is 6.64. The molecule has 1 saturated heterocycles. The number of ether oxygens (including phenoxy) is 1. The predicted octanol–water partition coefficient (Wildman–Crippen LogP) is 1.18. The number of nitrogens with one attached hydrogen (secondary N) is 2. The molecule has 2 amide bonds. The van der Waals surface area contributed by atoms with Crippen LogP contribution in [0.1, 0.15) is 16.8 Å². The molecule has 0 radical (unpaired) electrons. The standard InChI is InChI=1S/C13H16ClN3O3.ClH/c14-11-5-8(1-2-10(11)13(15)19)17-12(18)6-9-7-20-4-3-16-9;/h1-2,5,9,16H,3-4,6-7H2,(H2,15,19)(H,17,18);1H. The van der Waals surface area contributed by atoms with E-state index in [0.717, 1.165) is 6.54 Å². The van der Waals surface area contributed by atoms with Gasteiger partial charge in [-0.2, -0.15) is 0 Å². The van der Waals surface area contributed by atoms with Gasteiger partial charge in [0.2, 0.25) is 11.8 Å². The van der Waals surface area contributed by atoms with Crippen molar-refractivity contribution < 1.29 is 14.3 Å². The number of carbonyl (C=O) groups excluding carboxylic acids is 2. The number of rotatable bonds is 4. The van der Waals surface area contributed by atoms with Crippen molar-refractivity contribution in [2.75, 3.05) is 25.1 Å². The molecule has 1 aromatic carbocycles. The molecule has 1 aromatic rings. The Morgan fingerprint density at radius 1 is 1.48 bits per heavy atom. The summed E-state index contributed by atoms with van der Waals surface area (Å²) in [5.41, 5.74) is 5.91. The summed E-state index contributed by atoms with van der Waals surface area (Å²) >= 11 is 5.92. The molecule has 116 valence electrons. The van der Waals surface area contributed by atoms with Crippen molar-refractivity contribution in [1.29, 1.82) is 0 Å². The van der Waals surface area contributed by atoms with E-state index in [1.807, 2.05) is 0 Å². The van der Waals surface area contributed by atoms with Crippen molar-refractivity contribution in [1.82, 2.24) is 5.32 Å². The Morgan fingerprint density at radius 2 is 2.24 bits per heavy atom. The Labute approximate surface area is 133 Å². The summed E-state index contributed by atoms with van der Waals surface area (Å²) < 4.78 is 5.28. The summed E-state index contributed by atoms with van der Waals surface area (Å²) in [6, 6.07) is 4.60. The highest BCUT2D eigenvalue weighted by atomic mass is 35.5. The van der Waals surface area contributed by atoms with Crippen LogP contribution < -0.4 is 16.4 Å². The van der Waals surface area contributed by atoms with Crippen LogP contribution in [0.3, 0.4) is 0 Å². The maximum Gasteiger partial charge on any atom is 0.250 e. The Kier molecular flexibility index (Phi) is 6.91. The average Bonchev–Trinajstić information content (AvgIpc) is 2.39. The molecular formula is C13H17Cl2N3O3. The fraction of sp³-hybridized carbons (Fsp3) is 0.385. The topological polar surface area (TPSA) is 93.5 Å². The molecule has 0 spiro atoms. The van der Waals surface area contributed by atoms with Crippen LogP contribution in [0.4, 0.5) is 5.69 Å². The molecule has 1 fully saturated rings. The van der Waals surface area contributed by atoms with Gasteiger partial charge in [0.05, 0.1) is 23.8 Å². The summed E-state index contributed by atoms with van der Waals surface area (Å²) in [6.07, 6.45) is 0.315. The Bertz CT molecular complexity index is 519. The lowest BCUT2D eigenvalue weighted by Gasteiger charge is -2.23. The van der Waals surface area contributed by atoms with Gasteiger partial charge in [-0.3, -0.25) is 9.59 Å². The van der Waals surface area contributed by atoms with Gasteiger partial charge < -0.3 is 21.1 Å². The summed E-state index contributed by atoms with van der Waals surface area (Å²) in [7, 11) is 0. The van der Waals surface area contributed by atoms with Crippen LogP contribution in [-0.2, 0) is 9.53 Å². The Morgan fingerprint density at radius 3 is 2.81 bits per heavy atom. The lowest BCUT2D eigenvalue weighted by molar-refractivity contribution is -0.117. The second-order valence-electron chi connectivity index (χ2n) is 4.54. The van der Waals surface area contributed by atoms with E-state index < -0.39 is 5.91 Å². The smallest absolute Gasteiger partial charge is 0.250 e. The second kappa shape index (κ2) is 8.19. The fourth-order valence-corrected chi connectivity index (χ4v) is 2.25. The van der Waals surface area contributed by atoms with E-state index in [2.05, 4.69) is 10.6 Å². The molecule has 0 bridgehead atoms. The first kappa shape index (κ1) is 17.7. The van der Waals surface area contributed by atoms with Crippen molar-refractivity contribution >= 4 is 41.5 Å². The quantitative estimate of drug-likeness (QED) is 0.771. The van der Waals surface area contributed by atoms with Crippen molar-refractivity contribution in [3.8, 4) is 0 Å². The molecule has 4 N–H and O–H groups in total. The highest BCUT2D eigenvalue weighted by molar-refractivity contribution is 6.34. The molecule has 6 nitrogen and oxygen atoms in total. The third-order valence-electron chi connectivity index (χ3n) is 2.95. The van der Waals surface area contributed by atoms with Crippen LogP contribution in [0.15, 0.2) is 18.2 Å². The van der Waals surface area contributed by atoms with E-state index in [1.54, 1.807) is 6.07 Å². The third-order valence-corrected chi connectivity index (χ3v) is 3.26. The van der Waals surface area contributed by atoms with E-state index in [9.17, 15) is 9.59 Å². The molecule has 1 heterocycles. The number of amides is 2. The first-order chi connectivity index (χ1) is 9.56. The SMILES string of the molecule is Cl.NC(=O)c1ccc(NC(=O)CC2COCCN2)cc1Cl. The molecule has 1 aliphatic heterocycles. The number of halogens is 2. The molecule has 1 atom stereocenters. The molecule has 8 heteroatoms.